The first-order chi connectivity index (χ1) is 18.3. The molecule has 38 heavy (non-hydrogen) atoms. The Labute approximate surface area is 231 Å². The molecule has 1 unspecified atom stereocenters. The van der Waals surface area contributed by atoms with E-state index in [0.717, 1.165) is 5.56 Å². The Morgan fingerprint density at radius 1 is 0.868 bits per heavy atom. The molecule has 3 N–H and O–H groups in total. The minimum Gasteiger partial charge on any atom is -0.479 e. The first kappa shape index (κ1) is 28.6. The summed E-state index contributed by atoms with van der Waals surface area (Å²) in [7, 11) is 0. The molecule has 0 saturated carbocycles. The van der Waals surface area contributed by atoms with Gasteiger partial charge in [-0.05, 0) is 61.1 Å². The third kappa shape index (κ3) is 9.84. The maximum absolute atomic E-state index is 12.4. The van der Waals surface area contributed by atoms with Crippen LogP contribution in [-0.4, -0.2) is 35.6 Å². The van der Waals surface area contributed by atoms with Crippen molar-refractivity contribution < 1.29 is 23.9 Å². The van der Waals surface area contributed by atoms with Crippen LogP contribution in [0.25, 0.3) is 0 Å². The number of thiocarbonyl (C=S) groups is 1. The van der Waals surface area contributed by atoms with Gasteiger partial charge in [-0.2, -0.15) is 0 Å². The summed E-state index contributed by atoms with van der Waals surface area (Å²) in [5.41, 5.74) is 2.23. The number of benzene rings is 3. The van der Waals surface area contributed by atoms with Crippen molar-refractivity contribution in [2.24, 2.45) is 0 Å². The summed E-state index contributed by atoms with van der Waals surface area (Å²) in [6.45, 7) is 1.88. The zero-order valence-electron chi connectivity index (χ0n) is 20.7. The van der Waals surface area contributed by atoms with Gasteiger partial charge in [-0.25, -0.2) is 0 Å². The maximum Gasteiger partial charge on any atom is 0.306 e. The predicted octanol–water partition coefficient (Wildman–Crippen LogP) is 5.13. The number of hydrogen-bond donors (Lipinski definition) is 3. The SMILES string of the molecule is CC(Oc1ccccc1Cl)C(=O)Nc1ccc(NC(=S)NC(=O)CCC(=O)OCCc2ccccc2)cc1. The fourth-order valence-electron chi connectivity index (χ4n) is 3.23. The van der Waals surface area contributed by atoms with E-state index >= 15 is 0 Å². The number of nitrogens with one attached hydrogen (secondary N) is 3. The quantitative estimate of drug-likeness (QED) is 0.223. The second-order valence-electron chi connectivity index (χ2n) is 8.22. The predicted molar refractivity (Wildman–Crippen MR) is 151 cm³/mol. The van der Waals surface area contributed by atoms with Crippen LogP contribution in [0, 0.1) is 0 Å². The van der Waals surface area contributed by atoms with E-state index in [-0.39, 0.29) is 30.5 Å². The summed E-state index contributed by atoms with van der Waals surface area (Å²) in [5.74, 6) is -0.767. The second-order valence-corrected chi connectivity index (χ2v) is 9.03. The van der Waals surface area contributed by atoms with Gasteiger partial charge in [0.05, 0.1) is 18.1 Å². The first-order valence-corrected chi connectivity index (χ1v) is 12.7. The van der Waals surface area contributed by atoms with Crippen molar-refractivity contribution in [3.63, 3.8) is 0 Å². The number of ether oxygens (including phenoxy) is 2. The molecule has 3 aromatic carbocycles. The highest BCUT2D eigenvalue weighted by Crippen LogP contribution is 2.24. The second kappa shape index (κ2) is 14.7. The Balaban J connectivity index is 1.35. The van der Waals surface area contributed by atoms with Crippen molar-refractivity contribution in [1.29, 1.82) is 0 Å². The number of hydrogen-bond acceptors (Lipinski definition) is 6. The standard InChI is InChI=1S/C28H28ClN3O5S/c1-19(37-24-10-6-5-9-23(24)29)27(35)30-21-11-13-22(14-12-21)31-28(38)32-25(33)15-16-26(34)36-18-17-20-7-3-2-4-8-20/h2-14,19H,15-18H2,1H3,(H,30,35)(H2,31,32,33,38). The van der Waals surface area contributed by atoms with Crippen molar-refractivity contribution in [3.05, 3.63) is 89.4 Å². The van der Waals surface area contributed by atoms with Gasteiger partial charge < -0.3 is 25.4 Å². The van der Waals surface area contributed by atoms with Crippen LogP contribution in [0.3, 0.4) is 0 Å². The number of anilines is 2. The van der Waals surface area contributed by atoms with Crippen LogP contribution < -0.4 is 20.7 Å². The van der Waals surface area contributed by atoms with Crippen molar-refractivity contribution in [1.82, 2.24) is 5.32 Å². The Kier molecular flexibility index (Phi) is 11.1. The van der Waals surface area contributed by atoms with Crippen LogP contribution in [0.1, 0.15) is 25.3 Å². The molecule has 1 atom stereocenters. The largest absolute Gasteiger partial charge is 0.479 e. The number of carbonyl (C=O) groups excluding carboxylic acids is 3. The molecule has 0 heterocycles. The minimum absolute atomic E-state index is 0.0454. The molecule has 3 aromatic rings. The van der Waals surface area contributed by atoms with Crippen molar-refractivity contribution in [2.75, 3.05) is 17.2 Å². The number of rotatable bonds is 11. The van der Waals surface area contributed by atoms with Crippen LogP contribution in [0.15, 0.2) is 78.9 Å². The lowest BCUT2D eigenvalue weighted by molar-refractivity contribution is -0.144. The topological polar surface area (TPSA) is 106 Å². The van der Waals surface area contributed by atoms with E-state index in [4.69, 9.17) is 33.3 Å². The minimum atomic E-state index is -0.767. The summed E-state index contributed by atoms with van der Waals surface area (Å²) >= 11 is 11.2. The molecule has 8 nitrogen and oxygen atoms in total. The number of halogens is 1. The highest BCUT2D eigenvalue weighted by Gasteiger charge is 2.16. The van der Waals surface area contributed by atoms with Gasteiger partial charge in [0.1, 0.15) is 5.75 Å². The molecule has 0 fully saturated rings. The molecule has 0 radical (unpaired) electrons. The highest BCUT2D eigenvalue weighted by molar-refractivity contribution is 7.80. The van der Waals surface area contributed by atoms with Crippen LogP contribution in [0.4, 0.5) is 11.4 Å². The summed E-state index contributed by atoms with van der Waals surface area (Å²) in [6.07, 6.45) is -0.247. The van der Waals surface area contributed by atoms with Crippen LogP contribution in [0.5, 0.6) is 5.75 Å². The Hall–Kier alpha value is -3.95. The molecule has 2 amide bonds. The van der Waals surface area contributed by atoms with Crippen molar-refractivity contribution in [2.45, 2.75) is 32.3 Å². The molecule has 10 heteroatoms. The molecule has 0 aliphatic carbocycles. The summed E-state index contributed by atoms with van der Waals surface area (Å²) in [5, 5.41) is 8.69. The van der Waals surface area contributed by atoms with Crippen LogP contribution in [-0.2, 0) is 25.5 Å². The Morgan fingerprint density at radius 3 is 2.18 bits per heavy atom. The molecule has 0 spiro atoms. The van der Waals surface area contributed by atoms with E-state index < -0.39 is 18.0 Å². The van der Waals surface area contributed by atoms with E-state index in [1.165, 1.54) is 0 Å². The smallest absolute Gasteiger partial charge is 0.306 e. The summed E-state index contributed by atoms with van der Waals surface area (Å²) in [4.78, 5) is 36.4. The first-order valence-electron chi connectivity index (χ1n) is 11.9. The molecule has 0 aromatic heterocycles. The number of para-hydroxylation sites is 1. The summed E-state index contributed by atoms with van der Waals surface area (Å²) < 4.78 is 10.8. The van der Waals surface area contributed by atoms with Gasteiger partial charge in [-0.3, -0.25) is 14.4 Å². The van der Waals surface area contributed by atoms with Gasteiger partial charge in [0.2, 0.25) is 5.91 Å². The van der Waals surface area contributed by atoms with Gasteiger partial charge in [0, 0.05) is 24.2 Å². The molecule has 0 aliphatic heterocycles. The van der Waals surface area contributed by atoms with Gasteiger partial charge >= 0.3 is 5.97 Å². The normalized spacial score (nSPS) is 11.1. The number of esters is 1. The van der Waals surface area contributed by atoms with E-state index in [0.29, 0.717) is 28.6 Å². The molecule has 3 rings (SSSR count). The summed E-state index contributed by atoms with van der Waals surface area (Å²) in [6, 6.07) is 23.3. The monoisotopic (exact) mass is 553 g/mol. The fourth-order valence-corrected chi connectivity index (χ4v) is 3.64. The molecule has 0 bridgehead atoms. The van der Waals surface area contributed by atoms with E-state index in [1.807, 2.05) is 30.3 Å². The van der Waals surface area contributed by atoms with E-state index in [1.54, 1.807) is 55.5 Å². The number of carbonyl (C=O) groups is 3. The van der Waals surface area contributed by atoms with Crippen molar-refractivity contribution >= 4 is 58.1 Å². The van der Waals surface area contributed by atoms with Gasteiger partial charge in [-0.1, -0.05) is 54.1 Å². The molecule has 0 saturated heterocycles. The highest BCUT2D eigenvalue weighted by atomic mass is 35.5. The lowest BCUT2D eigenvalue weighted by atomic mass is 10.2. The number of amides is 2. The molecular formula is C28H28ClN3O5S. The van der Waals surface area contributed by atoms with Gasteiger partial charge in [0.15, 0.2) is 11.2 Å². The van der Waals surface area contributed by atoms with E-state index in [2.05, 4.69) is 16.0 Å². The maximum atomic E-state index is 12.4. The molecular weight excluding hydrogens is 526 g/mol. The van der Waals surface area contributed by atoms with E-state index in [9.17, 15) is 14.4 Å². The zero-order valence-corrected chi connectivity index (χ0v) is 22.3. The molecule has 0 aliphatic rings. The lowest BCUT2D eigenvalue weighted by Crippen LogP contribution is -2.34. The van der Waals surface area contributed by atoms with Gasteiger partial charge in [-0.15, -0.1) is 0 Å². The third-order valence-corrected chi connectivity index (χ3v) is 5.74. The lowest BCUT2D eigenvalue weighted by Gasteiger charge is -2.16. The zero-order chi connectivity index (χ0) is 27.3. The van der Waals surface area contributed by atoms with Gasteiger partial charge in [0.25, 0.3) is 5.91 Å². The van der Waals surface area contributed by atoms with Crippen LogP contribution in [0.2, 0.25) is 5.02 Å². The fraction of sp³-hybridized carbons (Fsp3) is 0.214. The van der Waals surface area contributed by atoms with Crippen LogP contribution >= 0.6 is 23.8 Å². The average Bonchev–Trinajstić information content (AvgIpc) is 2.90. The Morgan fingerprint density at radius 2 is 1.50 bits per heavy atom. The Bertz CT molecular complexity index is 1250. The van der Waals surface area contributed by atoms with Crippen molar-refractivity contribution in [3.8, 4) is 5.75 Å². The average molecular weight is 554 g/mol. The third-order valence-electron chi connectivity index (χ3n) is 5.23. The molecule has 198 valence electrons.